The summed E-state index contributed by atoms with van der Waals surface area (Å²) < 4.78 is 6.31. The Bertz CT molecular complexity index is 276. The molecule has 0 fully saturated rings. The summed E-state index contributed by atoms with van der Waals surface area (Å²) in [5.41, 5.74) is 1.08. The lowest BCUT2D eigenvalue weighted by Crippen LogP contribution is -2.23. The third kappa shape index (κ3) is 5.25. The molecule has 0 aliphatic carbocycles. The number of pyridine rings is 1. The second kappa shape index (κ2) is 6.93. The average Bonchev–Trinajstić information content (AvgIpc) is 2.22. The molecule has 0 N–H and O–H groups in total. The average molecular weight is 273 g/mol. The molecule has 0 aliphatic rings. The minimum Gasteiger partial charge on any atom is -0.380 e. The first-order chi connectivity index (χ1) is 7.22. The van der Waals surface area contributed by atoms with E-state index in [9.17, 15) is 0 Å². The highest BCUT2D eigenvalue weighted by atomic mass is 79.9. The Morgan fingerprint density at radius 2 is 2.27 bits per heavy atom. The van der Waals surface area contributed by atoms with Gasteiger partial charge in [-0.05, 0) is 42.0 Å². The molecule has 0 amide bonds. The van der Waals surface area contributed by atoms with Gasteiger partial charge in [0.05, 0.1) is 12.3 Å². The van der Waals surface area contributed by atoms with E-state index >= 15 is 0 Å². The second-order valence-corrected chi connectivity index (χ2v) is 4.32. The predicted molar refractivity (Wildman–Crippen MR) is 64.8 cm³/mol. The molecule has 1 aromatic rings. The normalized spacial score (nSPS) is 10.9. The number of ether oxygens (including phenoxy) is 1. The summed E-state index contributed by atoms with van der Waals surface area (Å²) in [7, 11) is 2.07. The Labute approximate surface area is 99.6 Å². The fraction of sp³-hybridized carbons (Fsp3) is 0.545. The molecule has 84 valence electrons. The van der Waals surface area contributed by atoms with Gasteiger partial charge in [0.25, 0.3) is 0 Å². The first-order valence-electron chi connectivity index (χ1n) is 5.09. The first-order valence-corrected chi connectivity index (χ1v) is 5.88. The minimum atomic E-state index is 0.781. The second-order valence-electron chi connectivity index (χ2n) is 3.40. The molecular formula is C11H17BrN2O. The summed E-state index contributed by atoms with van der Waals surface area (Å²) in [6.45, 7) is 5.37. The van der Waals surface area contributed by atoms with Crippen molar-refractivity contribution in [1.82, 2.24) is 9.88 Å². The zero-order valence-electron chi connectivity index (χ0n) is 9.24. The maximum absolute atomic E-state index is 5.29. The topological polar surface area (TPSA) is 25.4 Å². The van der Waals surface area contributed by atoms with E-state index in [0.717, 1.165) is 36.5 Å². The highest BCUT2D eigenvalue weighted by Gasteiger charge is 2.00. The van der Waals surface area contributed by atoms with E-state index in [2.05, 4.69) is 32.9 Å². The number of nitrogens with zero attached hydrogens (tertiary/aromatic N) is 2. The van der Waals surface area contributed by atoms with Crippen LogP contribution in [-0.2, 0) is 11.3 Å². The third-order valence-corrected chi connectivity index (χ3v) is 2.51. The zero-order valence-corrected chi connectivity index (χ0v) is 10.8. The summed E-state index contributed by atoms with van der Waals surface area (Å²) in [4.78, 5) is 6.52. The van der Waals surface area contributed by atoms with Crippen LogP contribution in [0.2, 0.25) is 0 Å². The number of hydrogen-bond donors (Lipinski definition) is 0. The SMILES string of the molecule is CCOCCN(C)Cc1ccc(Br)cn1. The van der Waals surface area contributed by atoms with Gasteiger partial charge >= 0.3 is 0 Å². The van der Waals surface area contributed by atoms with Gasteiger partial charge in [0.1, 0.15) is 0 Å². The molecule has 0 spiro atoms. The van der Waals surface area contributed by atoms with Crippen molar-refractivity contribution in [2.75, 3.05) is 26.8 Å². The number of hydrogen-bond acceptors (Lipinski definition) is 3. The maximum atomic E-state index is 5.29. The molecule has 0 atom stereocenters. The molecule has 3 nitrogen and oxygen atoms in total. The summed E-state index contributed by atoms with van der Waals surface area (Å²) in [5.74, 6) is 0. The van der Waals surface area contributed by atoms with Crippen molar-refractivity contribution in [1.29, 1.82) is 0 Å². The molecule has 1 rings (SSSR count). The van der Waals surface area contributed by atoms with Crippen LogP contribution in [0.15, 0.2) is 22.8 Å². The highest BCUT2D eigenvalue weighted by molar-refractivity contribution is 9.10. The number of halogens is 1. The lowest BCUT2D eigenvalue weighted by Gasteiger charge is -2.15. The van der Waals surface area contributed by atoms with Crippen molar-refractivity contribution in [3.63, 3.8) is 0 Å². The van der Waals surface area contributed by atoms with Crippen LogP contribution in [0, 0.1) is 0 Å². The van der Waals surface area contributed by atoms with Crippen LogP contribution in [0.1, 0.15) is 12.6 Å². The standard InChI is InChI=1S/C11H17BrN2O/c1-3-15-7-6-14(2)9-11-5-4-10(12)8-13-11/h4-5,8H,3,6-7,9H2,1-2H3. The van der Waals surface area contributed by atoms with E-state index in [0.29, 0.717) is 0 Å². The zero-order chi connectivity index (χ0) is 11.1. The van der Waals surface area contributed by atoms with Gasteiger partial charge in [0, 0.05) is 30.4 Å². The van der Waals surface area contributed by atoms with Crippen molar-refractivity contribution in [3.8, 4) is 0 Å². The van der Waals surface area contributed by atoms with Crippen LogP contribution in [0.25, 0.3) is 0 Å². The van der Waals surface area contributed by atoms with Crippen LogP contribution < -0.4 is 0 Å². The summed E-state index contributed by atoms with van der Waals surface area (Å²) in [6, 6.07) is 4.04. The largest absolute Gasteiger partial charge is 0.380 e. The number of rotatable bonds is 6. The van der Waals surface area contributed by atoms with Crippen molar-refractivity contribution in [2.45, 2.75) is 13.5 Å². The lowest BCUT2D eigenvalue weighted by atomic mass is 10.3. The Morgan fingerprint density at radius 3 is 2.87 bits per heavy atom. The Balaban J connectivity index is 2.31. The van der Waals surface area contributed by atoms with Gasteiger partial charge in [-0.15, -0.1) is 0 Å². The summed E-state index contributed by atoms with van der Waals surface area (Å²) in [5, 5.41) is 0. The van der Waals surface area contributed by atoms with E-state index in [1.807, 2.05) is 25.3 Å². The van der Waals surface area contributed by atoms with Gasteiger partial charge in [-0.25, -0.2) is 0 Å². The van der Waals surface area contributed by atoms with Crippen LogP contribution in [-0.4, -0.2) is 36.7 Å². The summed E-state index contributed by atoms with van der Waals surface area (Å²) >= 11 is 3.37. The van der Waals surface area contributed by atoms with Gasteiger partial charge in [-0.2, -0.15) is 0 Å². The predicted octanol–water partition coefficient (Wildman–Crippen LogP) is 2.31. The van der Waals surface area contributed by atoms with Crippen LogP contribution in [0.3, 0.4) is 0 Å². The quantitative estimate of drug-likeness (QED) is 0.744. The van der Waals surface area contributed by atoms with E-state index in [4.69, 9.17) is 4.74 Å². The molecule has 15 heavy (non-hydrogen) atoms. The highest BCUT2D eigenvalue weighted by Crippen LogP contribution is 2.08. The smallest absolute Gasteiger partial charge is 0.0593 e. The lowest BCUT2D eigenvalue weighted by molar-refractivity contribution is 0.120. The Morgan fingerprint density at radius 1 is 1.47 bits per heavy atom. The first kappa shape index (κ1) is 12.6. The molecule has 4 heteroatoms. The molecule has 1 aromatic heterocycles. The van der Waals surface area contributed by atoms with Crippen molar-refractivity contribution < 1.29 is 4.74 Å². The van der Waals surface area contributed by atoms with Gasteiger partial charge in [-0.1, -0.05) is 0 Å². The molecule has 0 aromatic carbocycles. The van der Waals surface area contributed by atoms with Crippen molar-refractivity contribution >= 4 is 15.9 Å². The van der Waals surface area contributed by atoms with Crippen molar-refractivity contribution in [3.05, 3.63) is 28.5 Å². The summed E-state index contributed by atoms with van der Waals surface area (Å²) in [6.07, 6.45) is 1.83. The van der Waals surface area contributed by atoms with E-state index in [-0.39, 0.29) is 0 Å². The monoisotopic (exact) mass is 272 g/mol. The molecule has 1 heterocycles. The molecule has 0 saturated heterocycles. The molecule has 0 saturated carbocycles. The van der Waals surface area contributed by atoms with E-state index in [1.54, 1.807) is 0 Å². The molecule has 0 radical (unpaired) electrons. The third-order valence-electron chi connectivity index (χ3n) is 2.04. The minimum absolute atomic E-state index is 0.781. The van der Waals surface area contributed by atoms with Gasteiger partial charge in [0.15, 0.2) is 0 Å². The van der Waals surface area contributed by atoms with Crippen LogP contribution in [0.5, 0.6) is 0 Å². The van der Waals surface area contributed by atoms with Gasteiger partial charge in [0.2, 0.25) is 0 Å². The van der Waals surface area contributed by atoms with E-state index < -0.39 is 0 Å². The van der Waals surface area contributed by atoms with Crippen LogP contribution >= 0.6 is 15.9 Å². The Kier molecular flexibility index (Phi) is 5.83. The fourth-order valence-electron chi connectivity index (χ4n) is 1.22. The molecule has 0 unspecified atom stereocenters. The number of likely N-dealkylation sites (N-methyl/N-ethyl adjacent to an activating group) is 1. The van der Waals surface area contributed by atoms with Crippen molar-refractivity contribution in [2.24, 2.45) is 0 Å². The maximum Gasteiger partial charge on any atom is 0.0593 e. The van der Waals surface area contributed by atoms with Gasteiger partial charge < -0.3 is 4.74 Å². The Hall–Kier alpha value is -0.450. The molecular weight excluding hydrogens is 256 g/mol. The van der Waals surface area contributed by atoms with Crippen LogP contribution in [0.4, 0.5) is 0 Å². The van der Waals surface area contributed by atoms with E-state index in [1.165, 1.54) is 0 Å². The number of aromatic nitrogens is 1. The van der Waals surface area contributed by atoms with Gasteiger partial charge in [-0.3, -0.25) is 9.88 Å². The molecule has 0 aliphatic heterocycles. The fourth-order valence-corrected chi connectivity index (χ4v) is 1.45. The molecule has 0 bridgehead atoms.